The number of amides is 3. The Morgan fingerprint density at radius 3 is 2.56 bits per heavy atom. The van der Waals surface area contributed by atoms with Crippen LogP contribution in [0.25, 0.3) is 0 Å². The number of nitrogens with zero attached hydrogens (tertiary/aromatic N) is 3. The number of rotatable bonds is 12. The largest absolute Gasteiger partial charge is 0.481 e. The zero-order valence-corrected chi connectivity index (χ0v) is 26.3. The van der Waals surface area contributed by atoms with Crippen molar-refractivity contribution in [3.05, 3.63) is 10.1 Å². The van der Waals surface area contributed by atoms with Crippen molar-refractivity contribution in [2.24, 2.45) is 33.9 Å². The molecule has 2 bridgehead atoms. The van der Waals surface area contributed by atoms with E-state index in [1.54, 1.807) is 5.43 Å². The highest BCUT2D eigenvalue weighted by atomic mass is 16.7. The number of nitrogens with one attached hydrogen (secondary N) is 3. The molecular weight excluding hydrogens is 557 g/mol. The molecule has 0 unspecified atom stereocenters. The van der Waals surface area contributed by atoms with E-state index in [9.17, 15) is 24.5 Å². The monoisotopic (exact) mass is 605 g/mol. The molecule has 0 aromatic heterocycles. The minimum Gasteiger partial charge on any atom is -0.404 e. The van der Waals surface area contributed by atoms with Crippen LogP contribution in [0.5, 0.6) is 0 Å². The van der Waals surface area contributed by atoms with E-state index in [1.807, 2.05) is 0 Å². The molecule has 2 saturated heterocycles. The SMILES string of the molecule is CC(=O)N1CCC[C@@H]1C(=O)N[C@@H](CCCN=C(N)N[N+](=O)[O-])C(=O)N[C@@H](CC(C)C)B1O[C@@H]2C[C@H]3C[C@H](C3(C)C)[C@]2(C)O1. The maximum atomic E-state index is 13.8. The van der Waals surface area contributed by atoms with Crippen molar-refractivity contribution in [2.75, 3.05) is 13.1 Å². The van der Waals surface area contributed by atoms with Crippen molar-refractivity contribution >= 4 is 30.8 Å². The Labute approximate surface area is 253 Å². The fraction of sp³-hybridized carbons (Fsp3) is 0.857. The van der Waals surface area contributed by atoms with E-state index in [4.69, 9.17) is 15.0 Å². The highest BCUT2D eigenvalue weighted by molar-refractivity contribution is 6.48. The summed E-state index contributed by atoms with van der Waals surface area (Å²) in [6.07, 6.45) is 4.39. The van der Waals surface area contributed by atoms with Gasteiger partial charge in [0.2, 0.25) is 17.7 Å². The number of hydrogen-bond acceptors (Lipinski definition) is 8. The van der Waals surface area contributed by atoms with Crippen molar-refractivity contribution in [3.63, 3.8) is 0 Å². The predicted octanol–water partition coefficient (Wildman–Crippen LogP) is 1.16. The smallest absolute Gasteiger partial charge is 0.404 e. The maximum Gasteiger partial charge on any atom is 0.481 e. The normalized spacial score (nSPS) is 30.7. The summed E-state index contributed by atoms with van der Waals surface area (Å²) in [5.74, 6) is -0.536. The van der Waals surface area contributed by atoms with Gasteiger partial charge in [-0.3, -0.25) is 14.4 Å². The number of hydrazine groups is 1. The Bertz CT molecular complexity index is 1120. The molecule has 5 rings (SSSR count). The van der Waals surface area contributed by atoms with Gasteiger partial charge in [-0.1, -0.05) is 33.1 Å². The molecule has 0 aromatic rings. The van der Waals surface area contributed by atoms with Crippen molar-refractivity contribution < 1.29 is 28.7 Å². The third-order valence-corrected chi connectivity index (χ3v) is 10.1. The number of carbonyl (C=O) groups is 3. The molecule has 14 nitrogen and oxygen atoms in total. The maximum absolute atomic E-state index is 13.8. The molecular formula is C28H48BN7O7. The molecule has 0 aromatic carbocycles. The van der Waals surface area contributed by atoms with Gasteiger partial charge in [0.25, 0.3) is 5.96 Å². The van der Waals surface area contributed by atoms with Gasteiger partial charge in [-0.05, 0) is 75.0 Å². The van der Waals surface area contributed by atoms with E-state index in [-0.39, 0.29) is 54.1 Å². The second-order valence-electron chi connectivity index (χ2n) is 13.8. The first kappa shape index (κ1) is 33.0. The Balaban J connectivity index is 1.47. The van der Waals surface area contributed by atoms with Crippen molar-refractivity contribution in [2.45, 2.75) is 116 Å². The van der Waals surface area contributed by atoms with Crippen LogP contribution >= 0.6 is 0 Å². The van der Waals surface area contributed by atoms with Crippen LogP contribution in [-0.4, -0.2) is 83.6 Å². The van der Waals surface area contributed by atoms with Crippen LogP contribution in [0, 0.1) is 33.3 Å². The molecule has 0 spiro atoms. The molecule has 15 heteroatoms. The predicted molar refractivity (Wildman–Crippen MR) is 160 cm³/mol. The number of carbonyl (C=O) groups excluding carboxylic acids is 3. The quantitative estimate of drug-likeness (QED) is 0.0631. The molecule has 3 saturated carbocycles. The van der Waals surface area contributed by atoms with Gasteiger partial charge in [-0.2, -0.15) is 0 Å². The Morgan fingerprint density at radius 2 is 1.93 bits per heavy atom. The van der Waals surface area contributed by atoms with Gasteiger partial charge in [0, 0.05) is 20.0 Å². The molecule has 240 valence electrons. The molecule has 3 aliphatic carbocycles. The van der Waals surface area contributed by atoms with Crippen LogP contribution in [0.3, 0.4) is 0 Å². The van der Waals surface area contributed by atoms with Crippen molar-refractivity contribution in [1.29, 1.82) is 0 Å². The third kappa shape index (κ3) is 7.08. The second kappa shape index (κ2) is 13.0. The highest BCUT2D eigenvalue weighted by Crippen LogP contribution is 2.65. The molecule has 0 radical (unpaired) electrons. The van der Waals surface area contributed by atoms with Crippen LogP contribution < -0.4 is 21.8 Å². The summed E-state index contributed by atoms with van der Waals surface area (Å²) in [5, 5.41) is 15.8. The molecule has 5 N–H and O–H groups in total. The van der Waals surface area contributed by atoms with Crippen LogP contribution in [0.1, 0.15) is 86.5 Å². The first-order valence-corrected chi connectivity index (χ1v) is 15.6. The average Bonchev–Trinajstić information content (AvgIpc) is 3.53. The molecule has 43 heavy (non-hydrogen) atoms. The van der Waals surface area contributed by atoms with Gasteiger partial charge in [0.15, 0.2) is 5.03 Å². The summed E-state index contributed by atoms with van der Waals surface area (Å²) in [4.78, 5) is 55.2. The molecule has 2 heterocycles. The van der Waals surface area contributed by atoms with Crippen LogP contribution in [0.4, 0.5) is 0 Å². The van der Waals surface area contributed by atoms with Gasteiger partial charge >= 0.3 is 7.12 Å². The zero-order chi connectivity index (χ0) is 31.7. The van der Waals surface area contributed by atoms with Gasteiger partial charge in [-0.25, -0.2) is 15.1 Å². The van der Waals surface area contributed by atoms with Gasteiger partial charge in [0.1, 0.15) is 12.1 Å². The summed E-state index contributed by atoms with van der Waals surface area (Å²) in [6, 6.07) is -1.57. The van der Waals surface area contributed by atoms with Crippen molar-refractivity contribution in [1.82, 2.24) is 21.0 Å². The van der Waals surface area contributed by atoms with E-state index in [1.165, 1.54) is 11.8 Å². The highest BCUT2D eigenvalue weighted by Gasteiger charge is 2.68. The lowest BCUT2D eigenvalue weighted by Gasteiger charge is -2.64. The van der Waals surface area contributed by atoms with E-state index >= 15 is 0 Å². The number of hydrogen-bond donors (Lipinski definition) is 4. The van der Waals surface area contributed by atoms with E-state index in [0.29, 0.717) is 44.1 Å². The van der Waals surface area contributed by atoms with Crippen LogP contribution in [0.2, 0.25) is 0 Å². The van der Waals surface area contributed by atoms with Gasteiger partial charge in [-0.15, -0.1) is 0 Å². The molecule has 5 aliphatic rings. The molecule has 7 atom stereocenters. The second-order valence-corrected chi connectivity index (χ2v) is 13.8. The number of guanidine groups is 1. The summed E-state index contributed by atoms with van der Waals surface area (Å²) in [5.41, 5.74) is 7.06. The van der Waals surface area contributed by atoms with Crippen LogP contribution in [-0.2, 0) is 23.7 Å². The third-order valence-electron chi connectivity index (χ3n) is 10.1. The standard InChI is InChI=1S/C28H48BN7O7/c1-16(2)13-23(29-42-22-15-18-14-21(27(18,4)5)28(22,6)43-29)33-24(38)19(9-7-11-31-26(30)34-36(40)41)32-25(39)20-10-8-12-35(20)17(3)37/h16,18-23H,7-15H2,1-6H3,(H,32,39)(H,33,38)(H3,30,31,34)/t18-,19+,20-,21-,22-,23+,28+/m1/s1. The lowest BCUT2D eigenvalue weighted by molar-refractivity contribution is -0.525. The van der Waals surface area contributed by atoms with Gasteiger partial charge in [0.05, 0.1) is 17.6 Å². The van der Waals surface area contributed by atoms with Crippen molar-refractivity contribution in [3.8, 4) is 0 Å². The number of nitrogens with two attached hydrogens (primary N) is 1. The van der Waals surface area contributed by atoms with Crippen LogP contribution in [0.15, 0.2) is 4.99 Å². The zero-order valence-electron chi connectivity index (χ0n) is 26.3. The summed E-state index contributed by atoms with van der Waals surface area (Å²) < 4.78 is 13.2. The average molecular weight is 606 g/mol. The summed E-state index contributed by atoms with van der Waals surface area (Å²) in [7, 11) is -0.617. The van der Waals surface area contributed by atoms with E-state index in [2.05, 4.69) is 50.2 Å². The summed E-state index contributed by atoms with van der Waals surface area (Å²) >= 11 is 0. The Kier molecular flexibility index (Phi) is 9.94. The Hall–Kier alpha value is -2.94. The minimum absolute atomic E-state index is 0.0348. The fourth-order valence-corrected chi connectivity index (χ4v) is 7.68. The fourth-order valence-electron chi connectivity index (χ4n) is 7.68. The number of nitro groups is 1. The minimum atomic E-state index is -0.928. The lowest BCUT2D eigenvalue weighted by Crippen LogP contribution is -2.65. The first-order chi connectivity index (χ1) is 20.1. The van der Waals surface area contributed by atoms with E-state index in [0.717, 1.165) is 12.8 Å². The lowest BCUT2D eigenvalue weighted by atomic mass is 9.43. The van der Waals surface area contributed by atoms with Gasteiger partial charge < -0.3 is 30.6 Å². The molecule has 3 amide bonds. The Morgan fingerprint density at radius 1 is 1.21 bits per heavy atom. The summed E-state index contributed by atoms with van der Waals surface area (Å²) in [6.45, 7) is 12.9. The first-order valence-electron chi connectivity index (χ1n) is 15.6. The topological polar surface area (TPSA) is 191 Å². The van der Waals surface area contributed by atoms with E-state index < -0.39 is 35.8 Å². The number of aliphatic imine (C=N–C) groups is 1. The number of likely N-dealkylation sites (tertiary alicyclic amines) is 1. The molecule has 5 fully saturated rings. The molecule has 2 aliphatic heterocycles.